The van der Waals surface area contributed by atoms with Gasteiger partial charge in [0.15, 0.2) is 21.5 Å². The van der Waals surface area contributed by atoms with Gasteiger partial charge in [-0.15, -0.1) is 0 Å². The Labute approximate surface area is 254 Å². The number of hydrazine groups is 1. The molecule has 0 aliphatic carbocycles. The van der Waals surface area contributed by atoms with Crippen molar-refractivity contribution in [2.75, 3.05) is 32.2 Å². The lowest BCUT2D eigenvalue weighted by Gasteiger charge is -2.31. The van der Waals surface area contributed by atoms with Crippen LogP contribution in [0.3, 0.4) is 0 Å². The lowest BCUT2D eigenvalue weighted by molar-refractivity contribution is -0.130. The van der Waals surface area contributed by atoms with Gasteiger partial charge in [0.05, 0.1) is 23.8 Å². The summed E-state index contributed by atoms with van der Waals surface area (Å²) in [5, 5.41) is 12.7. The van der Waals surface area contributed by atoms with Gasteiger partial charge < -0.3 is 14.6 Å². The zero-order valence-electron chi connectivity index (χ0n) is 23.8. The number of halogens is 1. The average molecular weight is 625 g/mol. The summed E-state index contributed by atoms with van der Waals surface area (Å²) in [4.78, 5) is 21.7. The van der Waals surface area contributed by atoms with E-state index in [1.165, 1.54) is 12.1 Å². The van der Waals surface area contributed by atoms with Crippen LogP contribution in [-0.2, 0) is 25.9 Å². The van der Waals surface area contributed by atoms with Crippen LogP contribution in [0.15, 0.2) is 93.9 Å². The second-order valence-electron chi connectivity index (χ2n) is 9.83. The molecule has 232 valence electrons. The van der Waals surface area contributed by atoms with Crippen molar-refractivity contribution in [3.8, 4) is 5.75 Å². The summed E-state index contributed by atoms with van der Waals surface area (Å²) >= 11 is 0. The van der Waals surface area contributed by atoms with Gasteiger partial charge in [0, 0.05) is 36.5 Å². The first-order valence-corrected chi connectivity index (χ1v) is 15.6. The van der Waals surface area contributed by atoms with Crippen molar-refractivity contribution in [3.63, 3.8) is 0 Å². The highest BCUT2D eigenvalue weighted by Crippen LogP contribution is 2.44. The Morgan fingerprint density at radius 1 is 1.11 bits per heavy atom. The van der Waals surface area contributed by atoms with Gasteiger partial charge in [-0.3, -0.25) is 10.2 Å². The first kappa shape index (κ1) is 32.4. The van der Waals surface area contributed by atoms with Crippen LogP contribution in [0.25, 0.3) is 10.4 Å². The van der Waals surface area contributed by atoms with Crippen LogP contribution in [0.2, 0.25) is 0 Å². The topological polar surface area (TPSA) is 175 Å². The number of aliphatic hydroxyl groups is 1. The Kier molecular flexibility index (Phi) is 11.3. The fraction of sp³-hybridized carbons (Fsp3) is 0.333. The molecule has 3 aromatic carbocycles. The number of rotatable bonds is 16. The quantitative estimate of drug-likeness (QED) is 0.0710. The second kappa shape index (κ2) is 15.3. The number of azide groups is 1. The van der Waals surface area contributed by atoms with E-state index in [1.54, 1.807) is 66.7 Å². The lowest BCUT2D eigenvalue weighted by atomic mass is 9.83. The minimum atomic E-state index is -3.86. The summed E-state index contributed by atoms with van der Waals surface area (Å²) in [5.41, 5.74) is 13.7. The van der Waals surface area contributed by atoms with Crippen molar-refractivity contribution in [1.82, 2.24) is 10.9 Å². The first-order valence-electron chi connectivity index (χ1n) is 13.9. The Balaban J connectivity index is 1.80. The number of aliphatic hydroxyl groups excluding tert-OH is 1. The van der Waals surface area contributed by atoms with Gasteiger partial charge in [-0.05, 0) is 53.1 Å². The van der Waals surface area contributed by atoms with Crippen molar-refractivity contribution >= 4 is 21.6 Å². The summed E-state index contributed by atoms with van der Waals surface area (Å²) < 4.78 is 51.7. The number of nitrogens with one attached hydrogen (secondary N) is 2. The highest BCUT2D eigenvalue weighted by Gasteiger charge is 2.54. The molecule has 44 heavy (non-hydrogen) atoms. The van der Waals surface area contributed by atoms with Crippen LogP contribution >= 0.6 is 0 Å². The number of benzene rings is 3. The molecule has 3 N–H and O–H groups in total. The highest BCUT2D eigenvalue weighted by molar-refractivity contribution is 7.91. The van der Waals surface area contributed by atoms with Gasteiger partial charge >= 0.3 is 0 Å². The number of alkyl halides is 1. The van der Waals surface area contributed by atoms with Gasteiger partial charge in [-0.1, -0.05) is 47.6 Å². The molecule has 14 heteroatoms. The number of carbonyl (C=O) groups excluding carboxylic acids is 1. The molecular weight excluding hydrogens is 591 g/mol. The van der Waals surface area contributed by atoms with Crippen LogP contribution in [0.5, 0.6) is 5.75 Å². The molecule has 0 unspecified atom stereocenters. The molecule has 1 aliphatic rings. The first-order chi connectivity index (χ1) is 21.3. The zero-order chi connectivity index (χ0) is 31.4. The molecule has 1 heterocycles. The van der Waals surface area contributed by atoms with Gasteiger partial charge in [-0.25, -0.2) is 23.2 Å². The van der Waals surface area contributed by atoms with Crippen LogP contribution in [0.1, 0.15) is 35.6 Å². The number of aliphatic imine (C=N–C) groups is 1. The number of nitrogens with zero attached hydrogens (tertiary/aromatic N) is 4. The van der Waals surface area contributed by atoms with E-state index in [0.717, 1.165) is 0 Å². The monoisotopic (exact) mass is 624 g/mol. The molecular formula is C30H33FN6O6S. The smallest absolute Gasteiger partial charge is 0.266 e. The zero-order valence-corrected chi connectivity index (χ0v) is 24.6. The molecule has 1 amide bonds. The molecule has 0 spiro atoms. The number of sulfone groups is 1. The molecule has 1 aliphatic heterocycles. The van der Waals surface area contributed by atoms with Gasteiger partial charge in [0.25, 0.3) is 5.91 Å². The predicted molar refractivity (Wildman–Crippen MR) is 161 cm³/mol. The maximum absolute atomic E-state index is 14.0. The summed E-state index contributed by atoms with van der Waals surface area (Å²) in [7, 11) is -3.86. The van der Waals surface area contributed by atoms with E-state index in [0.29, 0.717) is 35.5 Å². The molecule has 3 aromatic rings. The minimum Gasteiger partial charge on any atom is -0.494 e. The maximum Gasteiger partial charge on any atom is 0.266 e. The summed E-state index contributed by atoms with van der Waals surface area (Å²) in [5.74, 6) is -0.559. The van der Waals surface area contributed by atoms with Crippen LogP contribution in [-0.4, -0.2) is 63.1 Å². The van der Waals surface area contributed by atoms with Crippen LogP contribution in [0.4, 0.5) is 4.39 Å². The molecule has 4 rings (SSSR count). The number of ether oxygens (including phenoxy) is 2. The normalized spacial score (nSPS) is 17.7. The largest absolute Gasteiger partial charge is 0.494 e. The summed E-state index contributed by atoms with van der Waals surface area (Å²) in [6, 6.07) is 21.5. The van der Waals surface area contributed by atoms with E-state index >= 15 is 0 Å². The molecule has 0 bridgehead atoms. The molecule has 12 nitrogen and oxygen atoms in total. The average Bonchev–Trinajstić information content (AvgIpc) is 3.45. The van der Waals surface area contributed by atoms with E-state index in [4.69, 9.17) is 25.1 Å². The van der Waals surface area contributed by atoms with E-state index in [-0.39, 0.29) is 36.9 Å². The van der Waals surface area contributed by atoms with Crippen molar-refractivity contribution in [2.24, 2.45) is 10.1 Å². The van der Waals surface area contributed by atoms with Crippen molar-refractivity contribution in [2.45, 2.75) is 35.9 Å². The van der Waals surface area contributed by atoms with E-state index in [1.807, 2.05) is 0 Å². The third-order valence-corrected chi connectivity index (χ3v) is 8.68. The van der Waals surface area contributed by atoms with E-state index in [2.05, 4.69) is 20.9 Å². The van der Waals surface area contributed by atoms with Crippen molar-refractivity contribution in [3.05, 3.63) is 106 Å². The molecule has 0 saturated carbocycles. The van der Waals surface area contributed by atoms with Crippen LogP contribution in [0, 0.1) is 0 Å². The van der Waals surface area contributed by atoms with E-state index < -0.39 is 39.8 Å². The standard InChI is InChI=1S/C30H33FN6O6S/c31-16-17-33-36-29(39)30(15-20-44(40,41)25-8-2-1-3-9-25)27(26-10-5-4-7-23(26)21-34-37-32)43-28(35-30)22-11-13-24(14-12-22)42-19-6-18-38/h1-5,7-14,27,33,38H,6,15-21H2,(H,36,39)/t27-,30-/m0/s1. The summed E-state index contributed by atoms with van der Waals surface area (Å²) in [6.07, 6.45) is -0.963. The minimum absolute atomic E-state index is 0.00437. The highest BCUT2D eigenvalue weighted by atomic mass is 32.2. The number of hydrogen-bond donors (Lipinski definition) is 3. The van der Waals surface area contributed by atoms with E-state index in [9.17, 15) is 17.6 Å². The number of hydrogen-bond acceptors (Lipinski definition) is 9. The number of amides is 1. The van der Waals surface area contributed by atoms with Gasteiger partial charge in [0.2, 0.25) is 5.90 Å². The SMILES string of the molecule is [N-]=[N+]=NCc1ccccc1[C@@H]1OC(c2ccc(OCCCO)cc2)=N[C@]1(CCS(=O)(=O)c1ccccc1)C(=O)NNCCF. The number of carbonyl (C=O) groups is 1. The Morgan fingerprint density at radius 3 is 2.55 bits per heavy atom. The van der Waals surface area contributed by atoms with Gasteiger partial charge in [0.1, 0.15) is 12.4 Å². The van der Waals surface area contributed by atoms with Crippen molar-refractivity contribution < 1.29 is 32.2 Å². The fourth-order valence-corrected chi connectivity index (χ4v) is 6.11. The Bertz CT molecular complexity index is 1600. The van der Waals surface area contributed by atoms with Crippen LogP contribution < -0.4 is 15.6 Å². The Hall–Kier alpha value is -4.49. The second-order valence-corrected chi connectivity index (χ2v) is 11.9. The fourth-order valence-electron chi connectivity index (χ4n) is 4.72. The van der Waals surface area contributed by atoms with Crippen molar-refractivity contribution in [1.29, 1.82) is 0 Å². The third kappa shape index (κ3) is 7.71. The van der Waals surface area contributed by atoms with Gasteiger partial charge in [-0.2, -0.15) is 0 Å². The maximum atomic E-state index is 14.0. The molecule has 0 radical (unpaired) electrons. The Morgan fingerprint density at radius 2 is 1.84 bits per heavy atom. The third-order valence-electron chi connectivity index (χ3n) is 6.95. The molecule has 0 saturated heterocycles. The molecule has 2 atom stereocenters. The summed E-state index contributed by atoms with van der Waals surface area (Å²) in [6.45, 7) is -0.677. The predicted octanol–water partition coefficient (Wildman–Crippen LogP) is 3.97. The lowest BCUT2D eigenvalue weighted by Crippen LogP contribution is -2.53. The molecule has 0 aromatic heterocycles. The molecule has 0 fully saturated rings.